The number of carbonyl (C=O) groups excluding carboxylic acids is 1. The molecule has 0 aliphatic carbocycles. The van der Waals surface area contributed by atoms with Crippen LogP contribution in [0.3, 0.4) is 0 Å². The molecule has 0 aromatic rings. The van der Waals surface area contributed by atoms with Gasteiger partial charge in [-0.2, -0.15) is 0 Å². The molecule has 0 saturated carbocycles. The molecule has 94 valence electrons. The van der Waals surface area contributed by atoms with Crippen LogP contribution >= 0.6 is 0 Å². The van der Waals surface area contributed by atoms with Crippen LogP contribution in [-0.2, 0) is 19.1 Å². The van der Waals surface area contributed by atoms with Gasteiger partial charge in [0, 0.05) is 7.11 Å². The van der Waals surface area contributed by atoms with Crippen LogP contribution in [-0.4, -0.2) is 48.9 Å². The lowest BCUT2D eigenvalue weighted by Gasteiger charge is -2.28. The molecule has 0 aliphatic heterocycles. The normalized spacial score (nSPS) is 16.2. The van der Waals surface area contributed by atoms with Gasteiger partial charge in [0.25, 0.3) is 0 Å². The largest absolute Gasteiger partial charge is 0.480 e. The highest BCUT2D eigenvalue weighted by Crippen LogP contribution is 2.07. The molecule has 0 aromatic carbocycles. The number of rotatable bonds is 7. The third-order valence-corrected chi connectivity index (χ3v) is 2.08. The van der Waals surface area contributed by atoms with Crippen LogP contribution in [0.2, 0.25) is 0 Å². The van der Waals surface area contributed by atoms with Crippen molar-refractivity contribution < 1.29 is 24.2 Å². The Morgan fingerprint density at radius 3 is 2.44 bits per heavy atom. The molecular formula is C10H19NO5. The van der Waals surface area contributed by atoms with Crippen LogP contribution in [0.25, 0.3) is 0 Å². The molecule has 6 nitrogen and oxygen atoms in total. The Labute approximate surface area is 94.9 Å². The molecule has 2 unspecified atom stereocenters. The maximum Gasteiger partial charge on any atom is 0.326 e. The standard InChI is InChI=1S/C10H19NO5/c1-5-16-8(12)7(2)11-10(3,6-15-4)9(13)14/h7,11H,5-6H2,1-4H3,(H,13,14). The molecule has 16 heavy (non-hydrogen) atoms. The molecule has 0 heterocycles. The SMILES string of the molecule is CCOC(=O)C(C)NC(C)(COC)C(=O)O. The van der Waals surface area contributed by atoms with Crippen LogP contribution in [0.15, 0.2) is 0 Å². The van der Waals surface area contributed by atoms with Crippen molar-refractivity contribution in [1.82, 2.24) is 5.32 Å². The zero-order chi connectivity index (χ0) is 12.8. The van der Waals surface area contributed by atoms with Crippen molar-refractivity contribution in [2.45, 2.75) is 32.4 Å². The first kappa shape index (κ1) is 14.9. The molecule has 0 rings (SSSR count). The van der Waals surface area contributed by atoms with Gasteiger partial charge in [0.2, 0.25) is 0 Å². The zero-order valence-electron chi connectivity index (χ0n) is 10.1. The summed E-state index contributed by atoms with van der Waals surface area (Å²) in [5.41, 5.74) is -1.30. The molecule has 0 fully saturated rings. The highest BCUT2D eigenvalue weighted by Gasteiger charge is 2.36. The second kappa shape index (κ2) is 6.44. The Morgan fingerprint density at radius 1 is 1.50 bits per heavy atom. The number of carboxylic acids is 1. The summed E-state index contributed by atoms with van der Waals surface area (Å²) in [6, 6.07) is -0.698. The van der Waals surface area contributed by atoms with Gasteiger partial charge in [0.1, 0.15) is 11.6 Å². The summed E-state index contributed by atoms with van der Waals surface area (Å²) in [4.78, 5) is 22.4. The molecule has 0 saturated heterocycles. The third kappa shape index (κ3) is 4.16. The van der Waals surface area contributed by atoms with Crippen LogP contribution in [0, 0.1) is 0 Å². The van der Waals surface area contributed by atoms with Gasteiger partial charge in [-0.3, -0.25) is 14.9 Å². The molecule has 0 aliphatic rings. The number of hydrogen-bond acceptors (Lipinski definition) is 5. The lowest BCUT2D eigenvalue weighted by molar-refractivity contribution is -0.150. The van der Waals surface area contributed by atoms with Crippen LogP contribution in [0.4, 0.5) is 0 Å². The Balaban J connectivity index is 4.51. The molecule has 0 radical (unpaired) electrons. The first-order valence-corrected chi connectivity index (χ1v) is 5.04. The van der Waals surface area contributed by atoms with E-state index in [1.54, 1.807) is 13.8 Å². The Kier molecular flexibility index (Phi) is 5.98. The van der Waals surface area contributed by atoms with E-state index in [2.05, 4.69) is 5.32 Å². The summed E-state index contributed by atoms with van der Waals surface area (Å²) in [6.07, 6.45) is 0. The van der Waals surface area contributed by atoms with E-state index in [1.807, 2.05) is 0 Å². The summed E-state index contributed by atoms with van der Waals surface area (Å²) < 4.78 is 9.59. The van der Waals surface area contributed by atoms with Crippen molar-refractivity contribution in [3.05, 3.63) is 0 Å². The van der Waals surface area contributed by atoms with Gasteiger partial charge in [-0.15, -0.1) is 0 Å². The summed E-state index contributed by atoms with van der Waals surface area (Å²) in [5.74, 6) is -1.56. The van der Waals surface area contributed by atoms with Gasteiger partial charge >= 0.3 is 11.9 Å². The highest BCUT2D eigenvalue weighted by molar-refractivity contribution is 5.81. The summed E-state index contributed by atoms with van der Waals surface area (Å²) in [7, 11) is 1.40. The van der Waals surface area contributed by atoms with Gasteiger partial charge in [-0.05, 0) is 20.8 Å². The van der Waals surface area contributed by atoms with E-state index in [9.17, 15) is 9.59 Å². The van der Waals surface area contributed by atoms with E-state index in [4.69, 9.17) is 14.6 Å². The Hall–Kier alpha value is -1.14. The van der Waals surface area contributed by atoms with Crippen LogP contribution in [0.5, 0.6) is 0 Å². The second-order valence-corrected chi connectivity index (χ2v) is 3.69. The van der Waals surface area contributed by atoms with Gasteiger partial charge in [0.15, 0.2) is 0 Å². The van der Waals surface area contributed by atoms with Gasteiger partial charge in [-0.25, -0.2) is 0 Å². The number of carbonyl (C=O) groups is 2. The molecule has 0 amide bonds. The third-order valence-electron chi connectivity index (χ3n) is 2.08. The Morgan fingerprint density at radius 2 is 2.06 bits per heavy atom. The van der Waals surface area contributed by atoms with Crippen LogP contribution in [0.1, 0.15) is 20.8 Å². The number of ether oxygens (including phenoxy) is 2. The zero-order valence-corrected chi connectivity index (χ0v) is 10.1. The van der Waals surface area contributed by atoms with E-state index >= 15 is 0 Å². The molecule has 6 heteroatoms. The second-order valence-electron chi connectivity index (χ2n) is 3.69. The smallest absolute Gasteiger partial charge is 0.326 e. The maximum absolute atomic E-state index is 11.3. The first-order valence-electron chi connectivity index (χ1n) is 5.04. The quantitative estimate of drug-likeness (QED) is 0.603. The highest BCUT2D eigenvalue weighted by atomic mass is 16.5. The number of carboxylic acid groups (broad SMARTS) is 1. The van der Waals surface area contributed by atoms with Crippen molar-refractivity contribution in [2.75, 3.05) is 20.3 Å². The average molecular weight is 233 g/mol. The Bertz CT molecular complexity index is 256. The number of aliphatic carboxylic acids is 1. The van der Waals surface area contributed by atoms with Crippen molar-refractivity contribution >= 4 is 11.9 Å². The summed E-state index contributed by atoms with van der Waals surface area (Å²) in [6.45, 7) is 4.92. The van der Waals surface area contributed by atoms with Crippen LogP contribution < -0.4 is 5.32 Å². The van der Waals surface area contributed by atoms with Gasteiger partial charge in [0.05, 0.1) is 13.2 Å². The fourth-order valence-electron chi connectivity index (χ4n) is 1.26. The molecule has 2 atom stereocenters. The molecule has 2 N–H and O–H groups in total. The van der Waals surface area contributed by atoms with Crippen molar-refractivity contribution in [1.29, 1.82) is 0 Å². The average Bonchev–Trinajstić information content (AvgIpc) is 2.18. The van der Waals surface area contributed by atoms with Crippen molar-refractivity contribution in [3.8, 4) is 0 Å². The molecule has 0 aromatic heterocycles. The van der Waals surface area contributed by atoms with E-state index in [0.717, 1.165) is 0 Å². The minimum Gasteiger partial charge on any atom is -0.480 e. The number of nitrogens with one attached hydrogen (secondary N) is 1. The minimum atomic E-state index is -1.30. The maximum atomic E-state index is 11.3. The van der Waals surface area contributed by atoms with E-state index in [-0.39, 0.29) is 13.2 Å². The van der Waals surface area contributed by atoms with Crippen molar-refractivity contribution in [3.63, 3.8) is 0 Å². The fraction of sp³-hybridized carbons (Fsp3) is 0.800. The molecular weight excluding hydrogens is 214 g/mol. The number of esters is 1. The summed E-state index contributed by atoms with van der Waals surface area (Å²) in [5, 5.41) is 11.7. The lowest BCUT2D eigenvalue weighted by atomic mass is 10.0. The van der Waals surface area contributed by atoms with E-state index in [1.165, 1.54) is 14.0 Å². The monoisotopic (exact) mass is 233 g/mol. The van der Waals surface area contributed by atoms with Gasteiger partial charge in [-0.1, -0.05) is 0 Å². The van der Waals surface area contributed by atoms with Crippen molar-refractivity contribution in [2.24, 2.45) is 0 Å². The van der Waals surface area contributed by atoms with E-state index < -0.39 is 23.5 Å². The fourth-order valence-corrected chi connectivity index (χ4v) is 1.26. The molecule has 0 bridgehead atoms. The molecule has 0 spiro atoms. The topological polar surface area (TPSA) is 84.9 Å². The predicted molar refractivity (Wildman–Crippen MR) is 57.1 cm³/mol. The number of hydrogen-bond donors (Lipinski definition) is 2. The summed E-state index contributed by atoms with van der Waals surface area (Å²) >= 11 is 0. The lowest BCUT2D eigenvalue weighted by Crippen LogP contribution is -2.58. The number of methoxy groups -OCH3 is 1. The minimum absolute atomic E-state index is 0.0356. The first-order chi connectivity index (χ1) is 7.37. The predicted octanol–water partition coefficient (Wildman–Crippen LogP) is 0.0173. The van der Waals surface area contributed by atoms with Gasteiger partial charge < -0.3 is 14.6 Å². The van der Waals surface area contributed by atoms with E-state index in [0.29, 0.717) is 0 Å².